The molecule has 13 heavy (non-hydrogen) atoms. The number of hydrogen-bond donors (Lipinski definition) is 0. The van der Waals surface area contributed by atoms with Crippen molar-refractivity contribution in [2.45, 2.75) is 64.8 Å². The Morgan fingerprint density at radius 1 is 1.15 bits per heavy atom. The van der Waals surface area contributed by atoms with Crippen LogP contribution in [0.4, 0.5) is 0 Å². The number of ether oxygens (including phenoxy) is 2. The van der Waals surface area contributed by atoms with Crippen LogP contribution in [0.2, 0.25) is 0 Å². The van der Waals surface area contributed by atoms with Gasteiger partial charge < -0.3 is 9.47 Å². The van der Waals surface area contributed by atoms with E-state index in [-0.39, 0.29) is 11.4 Å². The molecule has 0 bridgehead atoms. The van der Waals surface area contributed by atoms with Gasteiger partial charge in [-0.2, -0.15) is 0 Å². The van der Waals surface area contributed by atoms with Crippen LogP contribution in [0.15, 0.2) is 0 Å². The van der Waals surface area contributed by atoms with Crippen molar-refractivity contribution in [3.8, 4) is 0 Å². The Kier molecular flexibility index (Phi) is 3.36. The van der Waals surface area contributed by atoms with Crippen molar-refractivity contribution >= 4 is 0 Å². The molecule has 78 valence electrons. The van der Waals surface area contributed by atoms with Crippen molar-refractivity contribution in [1.82, 2.24) is 0 Å². The highest BCUT2D eigenvalue weighted by Gasteiger charge is 2.41. The molecule has 1 saturated heterocycles. The van der Waals surface area contributed by atoms with Gasteiger partial charge in [0.15, 0.2) is 5.79 Å². The predicted molar refractivity (Wildman–Crippen MR) is 53.7 cm³/mol. The summed E-state index contributed by atoms with van der Waals surface area (Å²) in [5.74, 6) is -0.374. The summed E-state index contributed by atoms with van der Waals surface area (Å²) in [5, 5.41) is 0. The Bertz CT molecular complexity index is 165. The third kappa shape index (κ3) is 3.28. The van der Waals surface area contributed by atoms with E-state index in [1.54, 1.807) is 0 Å². The monoisotopic (exact) mass is 186 g/mol. The molecule has 0 aromatic rings. The zero-order valence-corrected chi connectivity index (χ0v) is 9.35. The van der Waals surface area contributed by atoms with Gasteiger partial charge in [0, 0.05) is 0 Å². The lowest BCUT2D eigenvalue weighted by atomic mass is 9.99. The Morgan fingerprint density at radius 3 is 2.31 bits per heavy atom. The summed E-state index contributed by atoms with van der Waals surface area (Å²) in [4.78, 5) is 0. The minimum absolute atomic E-state index is 0.0430. The Hall–Kier alpha value is -0.0800. The molecule has 1 fully saturated rings. The van der Waals surface area contributed by atoms with Crippen molar-refractivity contribution < 1.29 is 9.47 Å². The van der Waals surface area contributed by atoms with Crippen LogP contribution in [0, 0.1) is 0 Å². The first kappa shape index (κ1) is 11.0. The SMILES string of the molecule is CCCCC[C@]1(C)COC(C)(C)O1. The van der Waals surface area contributed by atoms with Crippen molar-refractivity contribution in [3.05, 3.63) is 0 Å². The van der Waals surface area contributed by atoms with Gasteiger partial charge >= 0.3 is 0 Å². The van der Waals surface area contributed by atoms with Crippen LogP contribution in [0.1, 0.15) is 53.4 Å². The minimum atomic E-state index is -0.374. The molecule has 1 rings (SSSR count). The van der Waals surface area contributed by atoms with Crippen LogP contribution in [0.25, 0.3) is 0 Å². The second-order valence-electron chi connectivity index (χ2n) is 4.70. The fourth-order valence-electron chi connectivity index (χ4n) is 1.85. The molecule has 0 unspecified atom stereocenters. The third-order valence-electron chi connectivity index (χ3n) is 2.53. The van der Waals surface area contributed by atoms with Crippen LogP contribution in [-0.4, -0.2) is 18.0 Å². The number of unbranched alkanes of at least 4 members (excludes halogenated alkanes) is 2. The molecule has 0 aromatic carbocycles. The Labute approximate surface area is 81.6 Å². The molecule has 0 amide bonds. The maximum Gasteiger partial charge on any atom is 0.163 e. The van der Waals surface area contributed by atoms with Crippen molar-refractivity contribution in [3.63, 3.8) is 0 Å². The lowest BCUT2D eigenvalue weighted by molar-refractivity contribution is -0.158. The van der Waals surface area contributed by atoms with E-state index in [2.05, 4.69) is 13.8 Å². The van der Waals surface area contributed by atoms with Gasteiger partial charge in [-0.3, -0.25) is 0 Å². The molecular weight excluding hydrogens is 164 g/mol. The van der Waals surface area contributed by atoms with Gasteiger partial charge in [0.25, 0.3) is 0 Å². The number of hydrogen-bond acceptors (Lipinski definition) is 2. The van der Waals surface area contributed by atoms with Crippen LogP contribution >= 0.6 is 0 Å². The third-order valence-corrected chi connectivity index (χ3v) is 2.53. The molecule has 0 spiro atoms. The number of rotatable bonds is 4. The maximum absolute atomic E-state index is 5.86. The van der Waals surface area contributed by atoms with Gasteiger partial charge in [0.1, 0.15) is 0 Å². The first-order valence-corrected chi connectivity index (χ1v) is 5.32. The first-order valence-electron chi connectivity index (χ1n) is 5.32. The van der Waals surface area contributed by atoms with Crippen LogP contribution in [-0.2, 0) is 9.47 Å². The highest BCUT2D eigenvalue weighted by Crippen LogP contribution is 2.34. The van der Waals surface area contributed by atoms with Crippen LogP contribution in [0.3, 0.4) is 0 Å². The lowest BCUT2D eigenvalue weighted by Gasteiger charge is -2.24. The summed E-state index contributed by atoms with van der Waals surface area (Å²) < 4.78 is 11.4. The summed E-state index contributed by atoms with van der Waals surface area (Å²) in [5.41, 5.74) is -0.0430. The summed E-state index contributed by atoms with van der Waals surface area (Å²) in [7, 11) is 0. The molecule has 1 atom stereocenters. The van der Waals surface area contributed by atoms with Gasteiger partial charge in [0.05, 0.1) is 12.2 Å². The molecular formula is C11H22O2. The molecule has 1 aliphatic heterocycles. The molecule has 0 saturated carbocycles. The minimum Gasteiger partial charge on any atom is -0.348 e. The Balaban J connectivity index is 2.32. The van der Waals surface area contributed by atoms with E-state index in [0.29, 0.717) is 0 Å². The molecule has 2 nitrogen and oxygen atoms in total. The van der Waals surface area contributed by atoms with E-state index in [1.165, 1.54) is 19.3 Å². The molecule has 2 heteroatoms. The summed E-state index contributed by atoms with van der Waals surface area (Å²) in [6.07, 6.45) is 4.91. The van der Waals surface area contributed by atoms with Gasteiger partial charge in [-0.15, -0.1) is 0 Å². The molecule has 0 radical (unpaired) electrons. The first-order chi connectivity index (χ1) is 5.97. The van der Waals surface area contributed by atoms with Gasteiger partial charge in [-0.05, 0) is 27.2 Å². The van der Waals surface area contributed by atoms with E-state index < -0.39 is 0 Å². The smallest absolute Gasteiger partial charge is 0.163 e. The fourth-order valence-corrected chi connectivity index (χ4v) is 1.85. The zero-order valence-electron chi connectivity index (χ0n) is 9.35. The molecule has 0 aromatic heterocycles. The fraction of sp³-hybridized carbons (Fsp3) is 1.00. The highest BCUT2D eigenvalue weighted by atomic mass is 16.7. The Morgan fingerprint density at radius 2 is 1.85 bits per heavy atom. The average molecular weight is 186 g/mol. The quantitative estimate of drug-likeness (QED) is 0.628. The second-order valence-corrected chi connectivity index (χ2v) is 4.70. The molecule has 0 N–H and O–H groups in total. The van der Waals surface area contributed by atoms with E-state index in [1.807, 2.05) is 13.8 Å². The van der Waals surface area contributed by atoms with E-state index in [4.69, 9.17) is 9.47 Å². The van der Waals surface area contributed by atoms with Crippen LogP contribution < -0.4 is 0 Å². The normalized spacial score (nSPS) is 32.3. The standard InChI is InChI=1S/C11H22O2/c1-5-6-7-8-11(4)9-12-10(2,3)13-11/h5-9H2,1-4H3/t11-/m1/s1. The van der Waals surface area contributed by atoms with Crippen LogP contribution in [0.5, 0.6) is 0 Å². The van der Waals surface area contributed by atoms with Gasteiger partial charge in [-0.25, -0.2) is 0 Å². The summed E-state index contributed by atoms with van der Waals surface area (Å²) >= 11 is 0. The average Bonchev–Trinajstić information content (AvgIpc) is 2.27. The van der Waals surface area contributed by atoms with Crippen molar-refractivity contribution in [2.75, 3.05) is 6.61 Å². The highest BCUT2D eigenvalue weighted by molar-refractivity contribution is 4.83. The second kappa shape index (κ2) is 3.97. The molecule has 0 aliphatic carbocycles. The van der Waals surface area contributed by atoms with E-state index >= 15 is 0 Å². The van der Waals surface area contributed by atoms with E-state index in [0.717, 1.165) is 13.0 Å². The lowest BCUT2D eigenvalue weighted by Crippen LogP contribution is -2.30. The molecule has 1 aliphatic rings. The van der Waals surface area contributed by atoms with Gasteiger partial charge in [-0.1, -0.05) is 26.2 Å². The van der Waals surface area contributed by atoms with Crippen molar-refractivity contribution in [2.24, 2.45) is 0 Å². The van der Waals surface area contributed by atoms with E-state index in [9.17, 15) is 0 Å². The zero-order chi connectivity index (χ0) is 9.95. The largest absolute Gasteiger partial charge is 0.348 e. The predicted octanol–water partition coefficient (Wildman–Crippen LogP) is 3.11. The summed E-state index contributed by atoms with van der Waals surface area (Å²) in [6.45, 7) is 9.08. The summed E-state index contributed by atoms with van der Waals surface area (Å²) in [6, 6.07) is 0. The topological polar surface area (TPSA) is 18.5 Å². The molecule has 1 heterocycles. The maximum atomic E-state index is 5.86. The van der Waals surface area contributed by atoms with Crippen molar-refractivity contribution in [1.29, 1.82) is 0 Å². The van der Waals surface area contributed by atoms with Gasteiger partial charge in [0.2, 0.25) is 0 Å².